The Morgan fingerprint density at radius 3 is 2.47 bits per heavy atom. The Bertz CT molecular complexity index is 749. The molecule has 1 aliphatic carbocycles. The van der Waals surface area contributed by atoms with Crippen molar-refractivity contribution in [2.75, 3.05) is 0 Å². The molecule has 2 atom stereocenters. The first-order chi connectivity index (χ1) is 15.0. The highest BCUT2D eigenvalue weighted by molar-refractivity contribution is 8.00. The number of pyridine rings is 1. The van der Waals surface area contributed by atoms with Gasteiger partial charge in [-0.3, -0.25) is 9.78 Å². The molecule has 0 bridgehead atoms. The second-order valence-electron chi connectivity index (χ2n) is 10.2. The highest BCUT2D eigenvalue weighted by Crippen LogP contribution is 2.37. The number of thioether (sulfide) groups is 1. The predicted octanol–water partition coefficient (Wildman–Crippen LogP) is 4.95. The summed E-state index contributed by atoms with van der Waals surface area (Å²) in [6.07, 6.45) is 10.8. The van der Waals surface area contributed by atoms with E-state index in [0.717, 1.165) is 5.69 Å². The largest absolute Gasteiger partial charge is 0.436 e. The summed E-state index contributed by atoms with van der Waals surface area (Å²) in [7, 11) is 1.62. The highest BCUT2D eigenvalue weighted by atomic mass is 32.2. The van der Waals surface area contributed by atoms with Gasteiger partial charge in [-0.15, -0.1) is 11.8 Å². The fourth-order valence-electron chi connectivity index (χ4n) is 4.79. The monoisotopic (exact) mass is 461 g/mol. The van der Waals surface area contributed by atoms with Gasteiger partial charge in [0.25, 0.3) is 6.47 Å². The van der Waals surface area contributed by atoms with Crippen molar-refractivity contribution in [2.24, 2.45) is 11.8 Å². The van der Waals surface area contributed by atoms with Gasteiger partial charge < -0.3 is 14.3 Å². The molecule has 1 fully saturated rings. The number of hydrogen-bond donors (Lipinski definition) is 0. The minimum atomic E-state index is -1.14. The Morgan fingerprint density at radius 2 is 1.91 bits per heavy atom. The van der Waals surface area contributed by atoms with Crippen molar-refractivity contribution in [2.45, 2.75) is 108 Å². The van der Waals surface area contributed by atoms with Crippen LogP contribution in [0.4, 0.5) is 0 Å². The van der Waals surface area contributed by atoms with E-state index in [1.165, 1.54) is 43.4 Å². The number of rotatable bonds is 12. The maximum absolute atomic E-state index is 12.7. The van der Waals surface area contributed by atoms with Crippen molar-refractivity contribution in [3.63, 3.8) is 0 Å². The third kappa shape index (κ3) is 8.55. The van der Waals surface area contributed by atoms with Crippen LogP contribution in [0.3, 0.4) is 0 Å². The number of carbonyl (C=O) groups excluding carboxylic acids is 2. The smallest absolute Gasteiger partial charge is 0.295 e. The summed E-state index contributed by atoms with van der Waals surface area (Å²) >= 11 is 1.95. The van der Waals surface area contributed by atoms with Gasteiger partial charge in [-0.1, -0.05) is 39.5 Å². The number of aromatic nitrogens is 1. The molecular formula is C25H40BNO4S. The van der Waals surface area contributed by atoms with E-state index in [2.05, 4.69) is 31.0 Å². The lowest BCUT2D eigenvalue weighted by Crippen LogP contribution is -2.50. The van der Waals surface area contributed by atoms with E-state index in [9.17, 15) is 9.59 Å². The van der Waals surface area contributed by atoms with Crippen molar-refractivity contribution in [1.82, 2.24) is 4.98 Å². The number of carbonyl (C=O) groups is 2. The van der Waals surface area contributed by atoms with Crippen LogP contribution in [-0.2, 0) is 25.5 Å². The highest BCUT2D eigenvalue weighted by Gasteiger charge is 2.43. The zero-order valence-electron chi connectivity index (χ0n) is 20.7. The predicted molar refractivity (Wildman–Crippen MR) is 133 cm³/mol. The van der Waals surface area contributed by atoms with Crippen molar-refractivity contribution in [3.05, 3.63) is 24.0 Å². The molecule has 0 amide bonds. The van der Waals surface area contributed by atoms with Crippen LogP contribution < -0.4 is 0 Å². The molecule has 0 aliphatic heterocycles. The molecule has 5 nitrogen and oxygen atoms in total. The SMILES string of the molecule is BC(=O)C(CC(C)C)C(C)(Cc1cc(SC2CCCCCC2)ccn1)OC(C)(C)OC=O. The second kappa shape index (κ2) is 12.2. The van der Waals surface area contributed by atoms with Crippen LogP contribution in [0.2, 0.25) is 0 Å². The van der Waals surface area contributed by atoms with E-state index in [1.54, 1.807) is 21.7 Å². The summed E-state index contributed by atoms with van der Waals surface area (Å²) in [6, 6.07) is 4.21. The summed E-state index contributed by atoms with van der Waals surface area (Å²) in [5.41, 5.74) is 0.108. The van der Waals surface area contributed by atoms with E-state index in [-0.39, 0.29) is 11.6 Å². The molecule has 2 unspecified atom stereocenters. The molecule has 0 aromatic carbocycles. The van der Waals surface area contributed by atoms with Gasteiger partial charge >= 0.3 is 0 Å². The molecule has 7 heteroatoms. The molecule has 2 rings (SSSR count). The first-order valence-corrected chi connectivity index (χ1v) is 12.9. The molecule has 178 valence electrons. The van der Waals surface area contributed by atoms with Gasteiger partial charge in [0.05, 0.1) is 11.3 Å². The Morgan fingerprint density at radius 1 is 1.25 bits per heavy atom. The number of nitrogens with zero attached hydrogens (tertiary/aromatic N) is 1. The van der Waals surface area contributed by atoms with E-state index in [1.807, 2.05) is 24.9 Å². The van der Waals surface area contributed by atoms with Gasteiger partial charge in [0.2, 0.25) is 5.79 Å². The Labute approximate surface area is 199 Å². The lowest BCUT2D eigenvalue weighted by atomic mass is 9.71. The molecule has 32 heavy (non-hydrogen) atoms. The molecule has 1 saturated carbocycles. The van der Waals surface area contributed by atoms with Gasteiger partial charge in [0.15, 0.2) is 7.85 Å². The molecule has 1 aliphatic rings. The normalized spacial score (nSPS) is 18.6. The quantitative estimate of drug-likeness (QED) is 0.190. The zero-order chi connectivity index (χ0) is 23.8. The third-order valence-electron chi connectivity index (χ3n) is 6.17. The van der Waals surface area contributed by atoms with Crippen LogP contribution in [0, 0.1) is 11.8 Å². The second-order valence-corrected chi connectivity index (χ2v) is 11.6. The van der Waals surface area contributed by atoms with E-state index in [4.69, 9.17) is 9.47 Å². The molecule has 0 N–H and O–H groups in total. The fourth-order valence-corrected chi connectivity index (χ4v) is 6.08. The average Bonchev–Trinajstić information content (AvgIpc) is 2.94. The maximum Gasteiger partial charge on any atom is 0.295 e. The molecule has 1 heterocycles. The molecule has 0 radical (unpaired) electrons. The Kier molecular flexibility index (Phi) is 10.3. The van der Waals surface area contributed by atoms with Crippen LogP contribution in [0.25, 0.3) is 0 Å². The van der Waals surface area contributed by atoms with Crippen LogP contribution in [0.1, 0.15) is 85.3 Å². The molecule has 0 spiro atoms. The van der Waals surface area contributed by atoms with Gasteiger partial charge in [-0.05, 0) is 44.2 Å². The van der Waals surface area contributed by atoms with E-state index >= 15 is 0 Å². The fraction of sp³-hybridized carbons (Fsp3) is 0.720. The number of hydrogen-bond acceptors (Lipinski definition) is 6. The van der Waals surface area contributed by atoms with Gasteiger partial charge in [-0.2, -0.15) is 0 Å². The lowest BCUT2D eigenvalue weighted by molar-refractivity contribution is -0.259. The summed E-state index contributed by atoms with van der Waals surface area (Å²) in [6.45, 7) is 9.96. The molecule has 1 aromatic rings. The standard InChI is InChI=1S/C25H40BNO4S/c1-18(2)14-22(23(26)29)25(5,31-24(3,4)30-17-28)16-19-15-21(12-13-27-19)32-20-10-8-6-7-9-11-20/h12-13,15,17-18,20,22H,6-11,14,16,26H2,1-5H3. The van der Waals surface area contributed by atoms with Gasteiger partial charge in [-0.25, -0.2) is 0 Å². The summed E-state index contributed by atoms with van der Waals surface area (Å²) in [5, 5.41) is 0.654. The maximum atomic E-state index is 12.7. The lowest BCUT2D eigenvalue weighted by Gasteiger charge is -2.42. The van der Waals surface area contributed by atoms with Crippen LogP contribution in [-0.4, -0.2) is 41.6 Å². The average molecular weight is 461 g/mol. The van der Waals surface area contributed by atoms with Crippen molar-refractivity contribution in [3.8, 4) is 0 Å². The van der Waals surface area contributed by atoms with Crippen LogP contribution >= 0.6 is 11.8 Å². The summed E-state index contributed by atoms with van der Waals surface area (Å²) < 4.78 is 11.6. The minimum absolute atomic E-state index is 0.0760. The molecule has 0 saturated heterocycles. The van der Waals surface area contributed by atoms with Crippen molar-refractivity contribution >= 4 is 31.8 Å². The topological polar surface area (TPSA) is 65.5 Å². The van der Waals surface area contributed by atoms with Gasteiger partial charge in [0, 0.05) is 48.2 Å². The van der Waals surface area contributed by atoms with E-state index < -0.39 is 11.4 Å². The molecular weight excluding hydrogens is 421 g/mol. The minimum Gasteiger partial charge on any atom is -0.436 e. The number of ether oxygens (including phenoxy) is 2. The summed E-state index contributed by atoms with van der Waals surface area (Å²) in [4.78, 5) is 29.6. The van der Waals surface area contributed by atoms with Crippen LogP contribution in [0.15, 0.2) is 23.2 Å². The Balaban J connectivity index is 2.29. The van der Waals surface area contributed by atoms with Crippen molar-refractivity contribution in [1.29, 1.82) is 0 Å². The first kappa shape index (κ1) is 26.9. The van der Waals surface area contributed by atoms with E-state index in [0.29, 0.717) is 30.5 Å². The summed E-state index contributed by atoms with van der Waals surface area (Å²) in [5.74, 6) is -1.16. The Hall–Kier alpha value is -1.34. The first-order valence-electron chi connectivity index (χ1n) is 12.0. The molecule has 1 aromatic heterocycles. The van der Waals surface area contributed by atoms with Crippen molar-refractivity contribution < 1.29 is 19.1 Å². The van der Waals surface area contributed by atoms with Crippen LogP contribution in [0.5, 0.6) is 0 Å². The zero-order valence-corrected chi connectivity index (χ0v) is 21.5. The third-order valence-corrected chi connectivity index (χ3v) is 7.50. The van der Waals surface area contributed by atoms with Gasteiger partial charge in [0.1, 0.15) is 0 Å².